The summed E-state index contributed by atoms with van der Waals surface area (Å²) in [4.78, 5) is 27.3. The Morgan fingerprint density at radius 1 is 1.32 bits per heavy atom. The minimum absolute atomic E-state index is 0.0641. The van der Waals surface area contributed by atoms with Crippen molar-refractivity contribution in [3.63, 3.8) is 0 Å². The first-order valence-corrected chi connectivity index (χ1v) is 8.06. The monoisotopic (exact) mass is 311 g/mol. The molecule has 0 aromatic heterocycles. The Kier molecular flexibility index (Phi) is 8.58. The van der Waals surface area contributed by atoms with Crippen LogP contribution in [0.4, 0.5) is 4.79 Å². The number of hydrogen-bond donors (Lipinski definition) is 1. The molecule has 22 heavy (non-hydrogen) atoms. The second-order valence-electron chi connectivity index (χ2n) is 5.90. The van der Waals surface area contributed by atoms with Gasteiger partial charge in [0.15, 0.2) is 0 Å². The summed E-state index contributed by atoms with van der Waals surface area (Å²) in [5, 5.41) is 2.98. The highest BCUT2D eigenvalue weighted by Crippen LogP contribution is 2.11. The van der Waals surface area contributed by atoms with Gasteiger partial charge in [0.25, 0.3) is 0 Å². The van der Waals surface area contributed by atoms with Gasteiger partial charge in [-0.3, -0.25) is 4.79 Å². The number of nitrogens with zero attached hydrogens (tertiary/aromatic N) is 2. The van der Waals surface area contributed by atoms with Gasteiger partial charge >= 0.3 is 6.09 Å². The molecule has 126 valence electrons. The highest BCUT2D eigenvalue weighted by Gasteiger charge is 2.24. The van der Waals surface area contributed by atoms with E-state index in [4.69, 9.17) is 4.74 Å². The van der Waals surface area contributed by atoms with E-state index in [1.54, 1.807) is 11.0 Å². The van der Waals surface area contributed by atoms with Gasteiger partial charge in [-0.05, 0) is 33.4 Å². The van der Waals surface area contributed by atoms with Gasteiger partial charge in [0.1, 0.15) is 0 Å². The van der Waals surface area contributed by atoms with Crippen LogP contribution in [-0.2, 0) is 9.53 Å². The maximum Gasteiger partial charge on any atom is 0.409 e. The number of likely N-dealkylation sites (tertiary alicyclic amines) is 1. The SMILES string of the molecule is CCCCOC(=O)N1CCC(NC(=O)/C=C/CN(C)C)CC1. The molecule has 1 rings (SSSR count). The molecule has 0 unspecified atom stereocenters. The summed E-state index contributed by atoms with van der Waals surface area (Å²) in [6.45, 7) is 4.57. The number of nitrogens with one attached hydrogen (secondary N) is 1. The molecule has 0 aliphatic carbocycles. The summed E-state index contributed by atoms with van der Waals surface area (Å²) < 4.78 is 5.20. The van der Waals surface area contributed by atoms with Crippen LogP contribution < -0.4 is 5.32 Å². The molecule has 0 bridgehead atoms. The largest absolute Gasteiger partial charge is 0.449 e. The molecule has 0 spiro atoms. The Morgan fingerprint density at radius 3 is 2.59 bits per heavy atom. The van der Waals surface area contributed by atoms with E-state index in [1.165, 1.54) is 0 Å². The van der Waals surface area contributed by atoms with Gasteiger partial charge in [-0.15, -0.1) is 0 Å². The molecule has 0 saturated carbocycles. The molecule has 0 radical (unpaired) electrons. The second kappa shape index (κ2) is 10.2. The van der Waals surface area contributed by atoms with E-state index >= 15 is 0 Å². The summed E-state index contributed by atoms with van der Waals surface area (Å²) in [7, 11) is 3.91. The lowest BCUT2D eigenvalue weighted by Gasteiger charge is -2.31. The van der Waals surface area contributed by atoms with E-state index in [0.29, 0.717) is 19.7 Å². The number of carbonyl (C=O) groups is 2. The van der Waals surface area contributed by atoms with Crippen LogP contribution in [0.3, 0.4) is 0 Å². The maximum atomic E-state index is 11.8. The fourth-order valence-corrected chi connectivity index (χ4v) is 2.22. The smallest absolute Gasteiger partial charge is 0.409 e. The summed E-state index contributed by atoms with van der Waals surface area (Å²) in [6, 6.07) is 0.135. The lowest BCUT2D eigenvalue weighted by Crippen LogP contribution is -2.46. The van der Waals surface area contributed by atoms with E-state index in [2.05, 4.69) is 12.2 Å². The van der Waals surface area contributed by atoms with Gasteiger partial charge in [-0.1, -0.05) is 19.4 Å². The van der Waals surface area contributed by atoms with E-state index < -0.39 is 0 Å². The minimum atomic E-state index is -0.232. The van der Waals surface area contributed by atoms with Crippen molar-refractivity contribution in [3.05, 3.63) is 12.2 Å². The van der Waals surface area contributed by atoms with E-state index in [0.717, 1.165) is 32.2 Å². The van der Waals surface area contributed by atoms with E-state index in [9.17, 15) is 9.59 Å². The average Bonchev–Trinajstić information content (AvgIpc) is 2.47. The van der Waals surface area contributed by atoms with Crippen LogP contribution in [-0.4, -0.2) is 68.2 Å². The van der Waals surface area contributed by atoms with Crippen molar-refractivity contribution in [3.8, 4) is 0 Å². The van der Waals surface area contributed by atoms with Gasteiger partial charge in [0.2, 0.25) is 5.91 Å². The van der Waals surface area contributed by atoms with Crippen molar-refractivity contribution in [2.75, 3.05) is 40.3 Å². The number of amides is 2. The zero-order valence-electron chi connectivity index (χ0n) is 14.0. The standard InChI is InChI=1S/C16H29N3O3/c1-4-5-13-22-16(21)19-11-8-14(9-12-19)17-15(20)7-6-10-18(2)3/h6-7,14H,4-5,8-13H2,1-3H3,(H,17,20)/b7-6+. The van der Waals surface area contributed by atoms with Gasteiger partial charge in [-0.25, -0.2) is 4.79 Å². The molecule has 0 aromatic carbocycles. The number of likely N-dealkylation sites (N-methyl/N-ethyl adjacent to an activating group) is 1. The first-order valence-electron chi connectivity index (χ1n) is 8.06. The zero-order chi connectivity index (χ0) is 16.4. The van der Waals surface area contributed by atoms with Gasteiger partial charge in [0, 0.05) is 31.8 Å². The van der Waals surface area contributed by atoms with Crippen molar-refractivity contribution in [2.24, 2.45) is 0 Å². The highest BCUT2D eigenvalue weighted by atomic mass is 16.6. The number of carbonyl (C=O) groups excluding carboxylic acids is 2. The topological polar surface area (TPSA) is 61.9 Å². The summed E-state index contributed by atoms with van der Waals surface area (Å²) in [5.74, 6) is -0.0641. The zero-order valence-corrected chi connectivity index (χ0v) is 14.0. The first-order chi connectivity index (χ1) is 10.5. The van der Waals surface area contributed by atoms with Crippen LogP contribution in [0.25, 0.3) is 0 Å². The normalized spacial score (nSPS) is 16.3. The maximum absolute atomic E-state index is 11.8. The van der Waals surface area contributed by atoms with E-state index in [-0.39, 0.29) is 18.0 Å². The van der Waals surface area contributed by atoms with Crippen LogP contribution in [0.5, 0.6) is 0 Å². The predicted molar refractivity (Wildman–Crippen MR) is 86.7 cm³/mol. The third kappa shape index (κ3) is 7.45. The Labute approximate surface area is 133 Å². The molecule has 6 nitrogen and oxygen atoms in total. The number of unbranched alkanes of at least 4 members (excludes halogenated alkanes) is 1. The third-order valence-corrected chi connectivity index (χ3v) is 3.56. The van der Waals surface area contributed by atoms with Gasteiger partial charge in [-0.2, -0.15) is 0 Å². The molecule has 0 aromatic rings. The van der Waals surface area contributed by atoms with E-state index in [1.807, 2.05) is 25.1 Å². The van der Waals surface area contributed by atoms with Gasteiger partial charge in [0.05, 0.1) is 6.61 Å². The van der Waals surface area contributed by atoms with Crippen LogP contribution in [0.15, 0.2) is 12.2 Å². The minimum Gasteiger partial charge on any atom is -0.449 e. The van der Waals surface area contributed by atoms with Crippen molar-refractivity contribution in [1.82, 2.24) is 15.1 Å². The third-order valence-electron chi connectivity index (χ3n) is 3.56. The molecule has 1 aliphatic rings. The molecule has 1 saturated heterocycles. The molecule has 2 amide bonds. The molecule has 1 aliphatic heterocycles. The van der Waals surface area contributed by atoms with Gasteiger partial charge < -0.3 is 19.9 Å². The molecule has 1 heterocycles. The van der Waals surface area contributed by atoms with Crippen LogP contribution in [0, 0.1) is 0 Å². The quantitative estimate of drug-likeness (QED) is 0.573. The summed E-state index contributed by atoms with van der Waals surface area (Å²) >= 11 is 0. The number of piperidine rings is 1. The fraction of sp³-hybridized carbons (Fsp3) is 0.750. The van der Waals surface area contributed by atoms with Crippen molar-refractivity contribution in [1.29, 1.82) is 0 Å². The number of ether oxygens (including phenoxy) is 1. The van der Waals surface area contributed by atoms with Crippen LogP contribution in [0.2, 0.25) is 0 Å². The molecule has 1 fully saturated rings. The lowest BCUT2D eigenvalue weighted by molar-refractivity contribution is -0.117. The molecule has 0 atom stereocenters. The molecule has 1 N–H and O–H groups in total. The van der Waals surface area contributed by atoms with Crippen LogP contribution >= 0.6 is 0 Å². The molecule has 6 heteroatoms. The van der Waals surface area contributed by atoms with Crippen molar-refractivity contribution < 1.29 is 14.3 Å². The first kappa shape index (κ1) is 18.5. The predicted octanol–water partition coefficient (Wildman–Crippen LogP) is 1.62. The fourth-order valence-electron chi connectivity index (χ4n) is 2.22. The second-order valence-corrected chi connectivity index (χ2v) is 5.90. The lowest BCUT2D eigenvalue weighted by atomic mass is 10.1. The average molecular weight is 311 g/mol. The van der Waals surface area contributed by atoms with Crippen molar-refractivity contribution >= 4 is 12.0 Å². The Morgan fingerprint density at radius 2 is 2.00 bits per heavy atom. The Balaban J connectivity index is 2.23. The molecular formula is C16H29N3O3. The number of hydrogen-bond acceptors (Lipinski definition) is 4. The highest BCUT2D eigenvalue weighted by molar-refractivity contribution is 5.87. The summed E-state index contributed by atoms with van der Waals surface area (Å²) in [6.07, 6.45) is 6.65. The Bertz CT molecular complexity index is 375. The molecular weight excluding hydrogens is 282 g/mol. The Hall–Kier alpha value is -1.56. The van der Waals surface area contributed by atoms with Crippen molar-refractivity contribution in [2.45, 2.75) is 38.6 Å². The van der Waals surface area contributed by atoms with Crippen LogP contribution in [0.1, 0.15) is 32.6 Å². The number of rotatable bonds is 7. The summed E-state index contributed by atoms with van der Waals surface area (Å²) in [5.41, 5.74) is 0.